The molecule has 0 aromatic carbocycles. The first-order valence-electron chi connectivity index (χ1n) is 8.97. The van der Waals surface area contributed by atoms with Crippen LogP contribution in [-0.4, -0.2) is 60.5 Å². The number of Topliss-reactive ketones (excluding diaryl/α,β-unsaturated/α-hetero) is 1. The van der Waals surface area contributed by atoms with Crippen molar-refractivity contribution in [2.45, 2.75) is 45.6 Å². The fourth-order valence-electron chi connectivity index (χ4n) is 3.70. The Morgan fingerprint density at radius 1 is 1.42 bits per heavy atom. The predicted octanol–water partition coefficient (Wildman–Crippen LogP) is 1.68. The molecule has 1 atom stereocenters. The van der Waals surface area contributed by atoms with Crippen molar-refractivity contribution >= 4 is 11.7 Å². The highest BCUT2D eigenvalue weighted by molar-refractivity contribution is 6.10. The lowest BCUT2D eigenvalue weighted by atomic mass is 9.93. The SMILES string of the molecule is CCN1CCO[C@@H](CCNC(=O)c2c(C)[nH]c3c2C(=O)CCC3)C1. The van der Waals surface area contributed by atoms with Crippen molar-refractivity contribution in [2.75, 3.05) is 32.8 Å². The number of nitrogens with one attached hydrogen (secondary N) is 2. The maximum absolute atomic E-state index is 12.6. The number of ketones is 1. The molecule has 2 aliphatic rings. The molecule has 1 aliphatic carbocycles. The molecule has 0 unspecified atom stereocenters. The van der Waals surface area contributed by atoms with E-state index in [1.165, 1.54) is 0 Å². The summed E-state index contributed by atoms with van der Waals surface area (Å²) >= 11 is 0. The van der Waals surface area contributed by atoms with Gasteiger partial charge in [-0.15, -0.1) is 0 Å². The third kappa shape index (κ3) is 3.54. The van der Waals surface area contributed by atoms with E-state index in [1.54, 1.807) is 0 Å². The van der Waals surface area contributed by atoms with Crippen LogP contribution in [0.25, 0.3) is 0 Å². The number of hydrogen-bond acceptors (Lipinski definition) is 4. The van der Waals surface area contributed by atoms with Gasteiger partial charge < -0.3 is 15.0 Å². The third-order valence-electron chi connectivity index (χ3n) is 5.02. The molecule has 0 radical (unpaired) electrons. The van der Waals surface area contributed by atoms with E-state index in [2.05, 4.69) is 22.1 Å². The fraction of sp³-hybridized carbons (Fsp3) is 0.667. The normalized spacial score (nSPS) is 21.6. The highest BCUT2D eigenvalue weighted by Crippen LogP contribution is 2.26. The Balaban J connectivity index is 1.58. The summed E-state index contributed by atoms with van der Waals surface area (Å²) in [5.74, 6) is -0.0663. The summed E-state index contributed by atoms with van der Waals surface area (Å²) in [7, 11) is 0. The van der Waals surface area contributed by atoms with Gasteiger partial charge in [0.2, 0.25) is 0 Å². The van der Waals surface area contributed by atoms with Gasteiger partial charge in [0.25, 0.3) is 5.91 Å². The van der Waals surface area contributed by atoms with Gasteiger partial charge in [-0.25, -0.2) is 0 Å². The monoisotopic (exact) mass is 333 g/mol. The predicted molar refractivity (Wildman–Crippen MR) is 91.6 cm³/mol. The van der Waals surface area contributed by atoms with E-state index in [0.717, 1.165) is 56.9 Å². The minimum absolute atomic E-state index is 0.0833. The molecule has 0 saturated carbocycles. The van der Waals surface area contributed by atoms with Crippen LogP contribution in [0.1, 0.15) is 58.3 Å². The second kappa shape index (κ2) is 7.49. The van der Waals surface area contributed by atoms with Gasteiger partial charge in [0.05, 0.1) is 23.8 Å². The number of aromatic nitrogens is 1. The van der Waals surface area contributed by atoms with Crippen molar-refractivity contribution < 1.29 is 14.3 Å². The molecule has 132 valence electrons. The standard InChI is InChI=1S/C18H27N3O3/c1-3-21-9-10-24-13(11-21)7-8-19-18(23)16-12(2)20-14-5-4-6-15(22)17(14)16/h13,20H,3-11H2,1-2H3,(H,19,23)/t13-/m0/s1. The Morgan fingerprint density at radius 3 is 3.04 bits per heavy atom. The van der Waals surface area contributed by atoms with E-state index in [1.807, 2.05) is 6.92 Å². The quantitative estimate of drug-likeness (QED) is 0.860. The van der Waals surface area contributed by atoms with Crippen LogP contribution >= 0.6 is 0 Å². The number of nitrogens with zero attached hydrogens (tertiary/aromatic N) is 1. The summed E-state index contributed by atoms with van der Waals surface area (Å²) in [4.78, 5) is 30.3. The smallest absolute Gasteiger partial charge is 0.253 e. The summed E-state index contributed by atoms with van der Waals surface area (Å²) < 4.78 is 5.76. The summed E-state index contributed by atoms with van der Waals surface area (Å²) in [6.45, 7) is 8.27. The number of likely N-dealkylation sites (N-methyl/N-ethyl adjacent to an activating group) is 1. The fourth-order valence-corrected chi connectivity index (χ4v) is 3.70. The summed E-state index contributed by atoms with van der Waals surface area (Å²) in [5, 5.41) is 2.97. The van der Waals surface area contributed by atoms with Gasteiger partial charge in [0.1, 0.15) is 0 Å². The molecule has 2 N–H and O–H groups in total. The zero-order valence-electron chi connectivity index (χ0n) is 14.6. The molecule has 1 aliphatic heterocycles. The lowest BCUT2D eigenvalue weighted by Crippen LogP contribution is -2.43. The number of H-pyrrole nitrogens is 1. The van der Waals surface area contributed by atoms with E-state index < -0.39 is 0 Å². The van der Waals surface area contributed by atoms with Gasteiger partial charge in [-0.3, -0.25) is 14.5 Å². The van der Waals surface area contributed by atoms with Crippen LogP contribution in [0.5, 0.6) is 0 Å². The molecule has 1 aromatic rings. The van der Waals surface area contributed by atoms with Crippen LogP contribution in [0.3, 0.4) is 0 Å². The highest BCUT2D eigenvalue weighted by atomic mass is 16.5. The van der Waals surface area contributed by atoms with E-state index in [0.29, 0.717) is 24.1 Å². The number of carbonyl (C=O) groups is 2. The maximum Gasteiger partial charge on any atom is 0.253 e. The summed E-state index contributed by atoms with van der Waals surface area (Å²) in [6.07, 6.45) is 3.20. The summed E-state index contributed by atoms with van der Waals surface area (Å²) in [6, 6.07) is 0. The molecule has 24 heavy (non-hydrogen) atoms. The van der Waals surface area contributed by atoms with Crippen LogP contribution in [0.4, 0.5) is 0 Å². The molecular weight excluding hydrogens is 306 g/mol. The second-order valence-corrected chi connectivity index (χ2v) is 6.69. The molecule has 3 rings (SSSR count). The van der Waals surface area contributed by atoms with Gasteiger partial charge in [-0.05, 0) is 32.7 Å². The Bertz CT molecular complexity index is 623. The Morgan fingerprint density at radius 2 is 2.25 bits per heavy atom. The molecule has 0 spiro atoms. The zero-order chi connectivity index (χ0) is 17.1. The molecule has 1 saturated heterocycles. The number of morpholine rings is 1. The molecule has 1 amide bonds. The van der Waals surface area contributed by atoms with Crippen LogP contribution < -0.4 is 5.32 Å². The number of aryl methyl sites for hydroxylation is 2. The van der Waals surface area contributed by atoms with Gasteiger partial charge >= 0.3 is 0 Å². The second-order valence-electron chi connectivity index (χ2n) is 6.69. The van der Waals surface area contributed by atoms with Crippen molar-refractivity contribution in [2.24, 2.45) is 0 Å². The van der Waals surface area contributed by atoms with E-state index >= 15 is 0 Å². The van der Waals surface area contributed by atoms with Gasteiger partial charge in [-0.2, -0.15) is 0 Å². The average molecular weight is 333 g/mol. The maximum atomic E-state index is 12.6. The van der Waals surface area contributed by atoms with E-state index in [9.17, 15) is 9.59 Å². The third-order valence-corrected chi connectivity index (χ3v) is 5.02. The van der Waals surface area contributed by atoms with Gasteiger partial charge in [0.15, 0.2) is 5.78 Å². The minimum Gasteiger partial charge on any atom is -0.375 e. The van der Waals surface area contributed by atoms with Gasteiger partial charge in [-0.1, -0.05) is 6.92 Å². The van der Waals surface area contributed by atoms with Crippen molar-refractivity contribution in [1.29, 1.82) is 0 Å². The highest BCUT2D eigenvalue weighted by Gasteiger charge is 2.28. The summed E-state index contributed by atoms with van der Waals surface area (Å²) in [5.41, 5.74) is 2.86. The number of carbonyl (C=O) groups excluding carboxylic acids is 2. The molecule has 6 nitrogen and oxygen atoms in total. The Hall–Kier alpha value is -1.66. The van der Waals surface area contributed by atoms with Crippen LogP contribution in [0, 0.1) is 6.92 Å². The first-order chi connectivity index (χ1) is 11.6. The topological polar surface area (TPSA) is 74.4 Å². The average Bonchev–Trinajstić information content (AvgIpc) is 2.92. The number of rotatable bonds is 5. The van der Waals surface area contributed by atoms with E-state index in [-0.39, 0.29) is 17.8 Å². The van der Waals surface area contributed by atoms with Crippen LogP contribution in [0.15, 0.2) is 0 Å². The molecule has 1 aromatic heterocycles. The lowest BCUT2D eigenvalue weighted by molar-refractivity contribution is -0.0296. The first kappa shape index (κ1) is 17.2. The zero-order valence-corrected chi connectivity index (χ0v) is 14.6. The van der Waals surface area contributed by atoms with Gasteiger partial charge in [0, 0.05) is 37.4 Å². The molecule has 1 fully saturated rings. The number of fused-ring (bicyclic) bond motifs is 1. The number of ether oxygens (including phenoxy) is 1. The largest absolute Gasteiger partial charge is 0.375 e. The molecule has 6 heteroatoms. The number of aromatic amines is 1. The van der Waals surface area contributed by atoms with Crippen LogP contribution in [-0.2, 0) is 11.2 Å². The Labute approximate surface area is 142 Å². The van der Waals surface area contributed by atoms with Crippen molar-refractivity contribution in [1.82, 2.24) is 15.2 Å². The number of hydrogen-bond donors (Lipinski definition) is 2. The van der Waals surface area contributed by atoms with Crippen molar-refractivity contribution in [3.63, 3.8) is 0 Å². The van der Waals surface area contributed by atoms with Crippen LogP contribution in [0.2, 0.25) is 0 Å². The molecule has 0 bridgehead atoms. The lowest BCUT2D eigenvalue weighted by Gasteiger charge is -2.32. The van der Waals surface area contributed by atoms with E-state index in [4.69, 9.17) is 4.74 Å². The van der Waals surface area contributed by atoms with Crippen molar-refractivity contribution in [3.8, 4) is 0 Å². The Kier molecular flexibility index (Phi) is 5.36. The first-order valence-corrected chi connectivity index (χ1v) is 8.97. The molecular formula is C18H27N3O3. The van der Waals surface area contributed by atoms with Crippen molar-refractivity contribution in [3.05, 3.63) is 22.5 Å². The molecule has 2 heterocycles. The number of amides is 1. The minimum atomic E-state index is -0.150.